The van der Waals surface area contributed by atoms with Crippen molar-refractivity contribution in [3.63, 3.8) is 0 Å². The van der Waals surface area contributed by atoms with Gasteiger partial charge in [-0.3, -0.25) is 0 Å². The zero-order valence-electron chi connectivity index (χ0n) is 10.5. The van der Waals surface area contributed by atoms with Crippen LogP contribution < -0.4 is 0 Å². The van der Waals surface area contributed by atoms with Crippen LogP contribution in [0.2, 0.25) is 10.6 Å². The van der Waals surface area contributed by atoms with E-state index in [4.69, 9.17) is 8.90 Å². The highest BCUT2D eigenvalue weighted by Gasteiger charge is 2.16. The lowest BCUT2D eigenvalue weighted by molar-refractivity contribution is 0.216. The van der Waals surface area contributed by atoms with E-state index in [1.54, 1.807) is 0 Å². The fraction of sp³-hybridized carbons (Fsp3) is 1.00. The highest BCUT2D eigenvalue weighted by Crippen LogP contribution is 2.05. The van der Waals surface area contributed by atoms with Crippen molar-refractivity contribution in [1.29, 1.82) is 0 Å². The summed E-state index contributed by atoms with van der Waals surface area (Å²) in [5.74, 6) is 0. The van der Waals surface area contributed by atoms with Crippen molar-refractivity contribution in [3.8, 4) is 0 Å². The maximum Gasteiger partial charge on any atom is 0.460 e. The van der Waals surface area contributed by atoms with E-state index in [0.717, 1.165) is 12.8 Å². The summed E-state index contributed by atoms with van der Waals surface area (Å²) in [6.45, 7) is 11.1. The maximum absolute atomic E-state index is 7.88. The van der Waals surface area contributed by atoms with Crippen LogP contribution in [0.15, 0.2) is 0 Å². The molecule has 0 amide bonds. The first kappa shape index (κ1) is 16.9. The van der Waals surface area contributed by atoms with Crippen LogP contribution >= 0.6 is 0 Å². The van der Waals surface area contributed by atoms with E-state index in [1.807, 2.05) is 6.92 Å². The lowest BCUT2D eigenvalue weighted by Crippen LogP contribution is -2.21. The molecule has 3 heteroatoms. The van der Waals surface area contributed by atoms with Crippen LogP contribution in [-0.4, -0.2) is 32.3 Å². The molecule has 0 aliphatic rings. The van der Waals surface area contributed by atoms with Gasteiger partial charge in [0.2, 0.25) is 0 Å². The van der Waals surface area contributed by atoms with Crippen molar-refractivity contribution < 1.29 is 8.90 Å². The van der Waals surface area contributed by atoms with Gasteiger partial charge >= 0.3 is 14.5 Å². The number of aliphatic hydroxyl groups is 1. The highest BCUT2D eigenvalue weighted by molar-refractivity contribution is 6.51. The van der Waals surface area contributed by atoms with Crippen molar-refractivity contribution in [1.82, 2.24) is 0 Å². The minimum absolute atomic E-state index is 0.319. The predicted molar refractivity (Wildman–Crippen MR) is 64.9 cm³/mol. The molecule has 0 bridgehead atoms. The predicted octanol–water partition coefficient (Wildman–Crippen LogP) is 3.22. The first-order valence-electron chi connectivity index (χ1n) is 5.92. The molecule has 1 N–H and O–H groups in total. The summed E-state index contributed by atoms with van der Waals surface area (Å²) < 4.78 is 5.84. The van der Waals surface area contributed by atoms with E-state index < -0.39 is 14.5 Å². The first-order valence-corrected chi connectivity index (χ1v) is 8.02. The summed E-state index contributed by atoms with van der Waals surface area (Å²) >= 11 is -0.768. The third kappa shape index (κ3) is 12.5. The molecule has 0 rings (SSSR count). The van der Waals surface area contributed by atoms with Gasteiger partial charge in [-0.05, 0) is 19.8 Å². The normalized spacial score (nSPS) is 11.6. The number of rotatable bonds is 6. The Morgan fingerprint density at radius 1 is 1.14 bits per heavy atom. The van der Waals surface area contributed by atoms with Gasteiger partial charge in [0.25, 0.3) is 0 Å². The van der Waals surface area contributed by atoms with Crippen molar-refractivity contribution in [3.05, 3.63) is 0 Å². The summed E-state index contributed by atoms with van der Waals surface area (Å²) in [4.78, 5) is 0. The maximum atomic E-state index is 7.88. The quantitative estimate of drug-likeness (QED) is 0.694. The Morgan fingerprint density at radius 3 is 1.79 bits per heavy atom. The molecule has 0 fully saturated rings. The summed E-state index contributed by atoms with van der Waals surface area (Å²) in [6, 6.07) is 0. The van der Waals surface area contributed by atoms with Gasteiger partial charge in [0.15, 0.2) is 0 Å². The van der Waals surface area contributed by atoms with Gasteiger partial charge in [-0.1, -0.05) is 38.3 Å². The highest BCUT2D eigenvalue weighted by atomic mass is 27.2. The second kappa shape index (κ2) is 13.5. The molecule has 86 valence electrons. The van der Waals surface area contributed by atoms with Crippen LogP contribution in [0.1, 0.15) is 47.5 Å². The second-order valence-corrected chi connectivity index (χ2v) is 6.67. The zero-order valence-corrected chi connectivity index (χ0v) is 11.7. The molecule has 0 aromatic rings. The van der Waals surface area contributed by atoms with E-state index >= 15 is 0 Å². The topological polar surface area (TPSA) is 29.5 Å². The molecule has 0 aliphatic carbocycles. The van der Waals surface area contributed by atoms with E-state index in [1.165, 1.54) is 10.6 Å². The van der Waals surface area contributed by atoms with Gasteiger partial charge in [0.1, 0.15) is 0 Å². The lowest BCUT2D eigenvalue weighted by atomic mass is 10.3. The monoisotopic (exact) mass is 218 g/mol. The molecule has 0 radical (unpaired) electrons. The van der Waals surface area contributed by atoms with Crippen LogP contribution in [0.5, 0.6) is 0 Å². The van der Waals surface area contributed by atoms with Crippen molar-refractivity contribution in [2.45, 2.75) is 64.1 Å². The second-order valence-electron chi connectivity index (χ2n) is 3.52. The van der Waals surface area contributed by atoms with Gasteiger partial charge in [-0.15, -0.1) is 0 Å². The van der Waals surface area contributed by atoms with E-state index in [2.05, 4.69) is 27.7 Å². The molecule has 0 aromatic carbocycles. The fourth-order valence-electron chi connectivity index (χ4n) is 0.906. The van der Waals surface area contributed by atoms with Gasteiger partial charge < -0.3 is 8.90 Å². The fourth-order valence-corrected chi connectivity index (χ4v) is 2.72. The molecule has 0 spiro atoms. The Bertz CT molecular complexity index is 93.3. The third-order valence-electron chi connectivity index (χ3n) is 2.13. The van der Waals surface area contributed by atoms with Crippen LogP contribution in [0.4, 0.5) is 0 Å². The molecule has 14 heavy (non-hydrogen) atoms. The van der Waals surface area contributed by atoms with E-state index in [0.29, 0.717) is 12.7 Å². The average molecular weight is 218 g/mol. The zero-order chi connectivity index (χ0) is 11.4. The smallest absolute Gasteiger partial charge is 0.460 e. The Labute approximate surface area is 94.4 Å². The standard InChI is InChI=1S/C4H9O.C3H8O.2C2H5.Al/c1-3-4(2)5;1-2-3-4;2*1-2;/h4H,3H2,1-2H3;4H,2-3H2,1H3;2*1H2,2H3;/q-1;;;;+1. The lowest BCUT2D eigenvalue weighted by Gasteiger charge is -2.15. The van der Waals surface area contributed by atoms with Crippen LogP contribution in [0, 0.1) is 0 Å². The largest absolute Gasteiger partial charge is 0.498 e. The Hall–Kier alpha value is 0.452. The van der Waals surface area contributed by atoms with Crippen LogP contribution in [-0.2, 0) is 3.79 Å². The molecule has 1 atom stereocenters. The van der Waals surface area contributed by atoms with E-state index in [-0.39, 0.29) is 0 Å². The number of aliphatic hydroxyl groups excluding tert-OH is 1. The number of hydrogen-bond donors (Lipinski definition) is 1. The van der Waals surface area contributed by atoms with Gasteiger partial charge in [0.05, 0.1) is 0 Å². The average Bonchev–Trinajstić information content (AvgIpc) is 2.25. The van der Waals surface area contributed by atoms with Gasteiger partial charge in [-0.2, -0.15) is 0 Å². The molecular weight excluding hydrogens is 191 g/mol. The Balaban J connectivity index is 0. The summed E-state index contributed by atoms with van der Waals surface area (Å²) in [5, 5.41) is 10.4. The molecular formula is C11H27AlO2. The summed E-state index contributed by atoms with van der Waals surface area (Å²) in [7, 11) is 0. The molecule has 2 nitrogen and oxygen atoms in total. The molecule has 1 unspecified atom stereocenters. The minimum atomic E-state index is -0.768. The molecule has 0 aliphatic heterocycles. The Kier molecular flexibility index (Phi) is 16.2. The molecule has 0 heterocycles. The van der Waals surface area contributed by atoms with Crippen LogP contribution in [0.25, 0.3) is 0 Å². The Morgan fingerprint density at radius 2 is 1.57 bits per heavy atom. The minimum Gasteiger partial charge on any atom is -0.498 e. The first-order chi connectivity index (χ1) is 6.65. The summed E-state index contributed by atoms with van der Waals surface area (Å²) in [5.41, 5.74) is 0. The molecule has 0 aromatic heterocycles. The van der Waals surface area contributed by atoms with Gasteiger partial charge in [-0.25, -0.2) is 0 Å². The van der Waals surface area contributed by atoms with Crippen molar-refractivity contribution in [2.24, 2.45) is 0 Å². The van der Waals surface area contributed by atoms with Gasteiger partial charge in [0, 0.05) is 12.7 Å². The van der Waals surface area contributed by atoms with Crippen molar-refractivity contribution >= 4 is 14.5 Å². The SMILES string of the molecule is CCC(C)[O][Al]([CH2]C)[CH2]C.CCCO. The molecule has 0 saturated heterocycles. The van der Waals surface area contributed by atoms with E-state index in [9.17, 15) is 0 Å². The van der Waals surface area contributed by atoms with Crippen molar-refractivity contribution in [2.75, 3.05) is 6.61 Å². The third-order valence-corrected chi connectivity index (χ3v) is 4.80. The molecule has 0 saturated carbocycles. The van der Waals surface area contributed by atoms with Crippen LogP contribution in [0.3, 0.4) is 0 Å². The number of hydrogen-bond acceptors (Lipinski definition) is 2. The summed E-state index contributed by atoms with van der Waals surface area (Å²) in [6.07, 6.45) is 2.53.